The standard InChI is InChI=1S/C13H7Cl3O2/c14-9-4-1-3-8(7-9)13(17)18-11-6-2-5-10(15)12(11)16/h1-7H. The van der Waals surface area contributed by atoms with Crippen LogP contribution in [0.3, 0.4) is 0 Å². The molecular weight excluding hydrogens is 294 g/mol. The molecule has 0 aromatic heterocycles. The Balaban J connectivity index is 2.24. The summed E-state index contributed by atoms with van der Waals surface area (Å²) >= 11 is 17.5. The first kappa shape index (κ1) is 13.2. The second-order valence-electron chi connectivity index (χ2n) is 3.45. The number of esters is 1. The predicted molar refractivity (Wildman–Crippen MR) is 72.9 cm³/mol. The van der Waals surface area contributed by atoms with Crippen LogP contribution in [0.2, 0.25) is 15.1 Å². The summed E-state index contributed by atoms with van der Waals surface area (Å²) in [5, 5.41) is 0.990. The average Bonchev–Trinajstić information content (AvgIpc) is 2.35. The number of hydrogen-bond donors (Lipinski definition) is 0. The average molecular weight is 302 g/mol. The van der Waals surface area contributed by atoms with E-state index in [1.54, 1.807) is 36.4 Å². The lowest BCUT2D eigenvalue weighted by Gasteiger charge is -2.07. The monoisotopic (exact) mass is 300 g/mol. The van der Waals surface area contributed by atoms with Crippen molar-refractivity contribution in [3.63, 3.8) is 0 Å². The second kappa shape index (κ2) is 5.61. The van der Waals surface area contributed by atoms with Crippen LogP contribution in [0.15, 0.2) is 42.5 Å². The van der Waals surface area contributed by atoms with Crippen molar-refractivity contribution in [2.75, 3.05) is 0 Å². The van der Waals surface area contributed by atoms with Gasteiger partial charge in [-0.25, -0.2) is 4.79 Å². The number of ether oxygens (including phenoxy) is 1. The molecule has 0 unspecified atom stereocenters. The quantitative estimate of drug-likeness (QED) is 0.584. The van der Waals surface area contributed by atoms with Gasteiger partial charge in [-0.15, -0.1) is 0 Å². The van der Waals surface area contributed by atoms with E-state index in [1.807, 2.05) is 0 Å². The molecule has 92 valence electrons. The van der Waals surface area contributed by atoms with Gasteiger partial charge in [0.05, 0.1) is 10.6 Å². The molecule has 18 heavy (non-hydrogen) atoms. The van der Waals surface area contributed by atoms with Crippen LogP contribution in [0.5, 0.6) is 5.75 Å². The first-order valence-corrected chi connectivity index (χ1v) is 6.13. The Labute approximate surface area is 119 Å². The molecule has 0 radical (unpaired) electrons. The van der Waals surface area contributed by atoms with Gasteiger partial charge in [-0.05, 0) is 30.3 Å². The predicted octanol–water partition coefficient (Wildman–Crippen LogP) is 4.87. The summed E-state index contributed by atoms with van der Waals surface area (Å²) in [6.45, 7) is 0. The Morgan fingerprint density at radius 3 is 2.44 bits per heavy atom. The highest BCUT2D eigenvalue weighted by molar-refractivity contribution is 6.43. The highest BCUT2D eigenvalue weighted by Crippen LogP contribution is 2.32. The third kappa shape index (κ3) is 2.96. The number of hydrogen-bond acceptors (Lipinski definition) is 2. The SMILES string of the molecule is O=C(Oc1cccc(Cl)c1Cl)c1cccc(Cl)c1. The van der Waals surface area contributed by atoms with Crippen molar-refractivity contribution >= 4 is 40.8 Å². The highest BCUT2D eigenvalue weighted by atomic mass is 35.5. The third-order valence-corrected chi connectivity index (χ3v) is 3.22. The molecule has 0 N–H and O–H groups in total. The largest absolute Gasteiger partial charge is 0.421 e. The Bertz CT molecular complexity index is 597. The number of carbonyl (C=O) groups excluding carboxylic acids is 1. The Morgan fingerprint density at radius 1 is 1.00 bits per heavy atom. The fraction of sp³-hybridized carbons (Fsp3) is 0. The molecule has 0 atom stereocenters. The van der Waals surface area contributed by atoms with Crippen LogP contribution in [0, 0.1) is 0 Å². The zero-order valence-corrected chi connectivity index (χ0v) is 11.3. The van der Waals surface area contributed by atoms with Crippen LogP contribution >= 0.6 is 34.8 Å². The molecule has 0 saturated heterocycles. The van der Waals surface area contributed by atoms with Gasteiger partial charge in [-0.3, -0.25) is 0 Å². The minimum atomic E-state index is -0.540. The van der Waals surface area contributed by atoms with E-state index in [-0.39, 0.29) is 10.8 Å². The van der Waals surface area contributed by atoms with Gasteiger partial charge in [0.15, 0.2) is 5.75 Å². The molecule has 0 bridgehead atoms. The maximum absolute atomic E-state index is 11.8. The molecule has 2 aromatic rings. The molecular formula is C13H7Cl3O2. The van der Waals surface area contributed by atoms with E-state index in [0.29, 0.717) is 15.6 Å². The maximum atomic E-state index is 11.8. The van der Waals surface area contributed by atoms with Crippen molar-refractivity contribution in [3.05, 3.63) is 63.1 Å². The van der Waals surface area contributed by atoms with E-state index < -0.39 is 5.97 Å². The highest BCUT2D eigenvalue weighted by Gasteiger charge is 2.12. The zero-order chi connectivity index (χ0) is 13.1. The van der Waals surface area contributed by atoms with Crippen LogP contribution in [-0.4, -0.2) is 5.97 Å². The van der Waals surface area contributed by atoms with E-state index in [4.69, 9.17) is 39.5 Å². The summed E-state index contributed by atoms with van der Waals surface area (Å²) in [4.78, 5) is 11.8. The summed E-state index contributed by atoms with van der Waals surface area (Å²) in [6, 6.07) is 11.3. The summed E-state index contributed by atoms with van der Waals surface area (Å²) in [5.41, 5.74) is 0.346. The summed E-state index contributed by atoms with van der Waals surface area (Å²) in [7, 11) is 0. The lowest BCUT2D eigenvalue weighted by Crippen LogP contribution is -2.08. The number of benzene rings is 2. The molecule has 5 heteroatoms. The van der Waals surface area contributed by atoms with Crippen LogP contribution in [0.25, 0.3) is 0 Å². The number of carbonyl (C=O) groups is 1. The van der Waals surface area contributed by atoms with Crippen LogP contribution in [0.1, 0.15) is 10.4 Å². The van der Waals surface area contributed by atoms with Crippen molar-refractivity contribution in [1.82, 2.24) is 0 Å². The van der Waals surface area contributed by atoms with Crippen LogP contribution in [-0.2, 0) is 0 Å². The molecule has 0 aliphatic carbocycles. The van der Waals surface area contributed by atoms with E-state index in [1.165, 1.54) is 6.07 Å². The smallest absolute Gasteiger partial charge is 0.343 e. The van der Waals surface area contributed by atoms with Gasteiger partial charge in [0.2, 0.25) is 0 Å². The summed E-state index contributed by atoms with van der Waals surface area (Å²) < 4.78 is 5.15. The minimum Gasteiger partial charge on any atom is -0.421 e. The molecule has 0 heterocycles. The fourth-order valence-electron chi connectivity index (χ4n) is 1.34. The van der Waals surface area contributed by atoms with Gasteiger partial charge in [0.1, 0.15) is 5.02 Å². The molecule has 0 amide bonds. The van der Waals surface area contributed by atoms with Crippen molar-refractivity contribution in [2.45, 2.75) is 0 Å². The molecule has 0 fully saturated rings. The Kier molecular flexibility index (Phi) is 4.12. The molecule has 0 aliphatic rings. The Hall–Kier alpha value is -1.22. The van der Waals surface area contributed by atoms with Gasteiger partial charge >= 0.3 is 5.97 Å². The fourth-order valence-corrected chi connectivity index (χ4v) is 1.86. The van der Waals surface area contributed by atoms with Gasteiger partial charge in [-0.1, -0.05) is 46.9 Å². The molecule has 2 aromatic carbocycles. The lowest BCUT2D eigenvalue weighted by atomic mass is 10.2. The molecule has 0 aliphatic heterocycles. The zero-order valence-electron chi connectivity index (χ0n) is 8.99. The number of rotatable bonds is 2. The van der Waals surface area contributed by atoms with Gasteiger partial charge in [0, 0.05) is 5.02 Å². The van der Waals surface area contributed by atoms with Gasteiger partial charge < -0.3 is 4.74 Å². The van der Waals surface area contributed by atoms with E-state index >= 15 is 0 Å². The molecule has 2 rings (SSSR count). The van der Waals surface area contributed by atoms with Crippen molar-refractivity contribution in [3.8, 4) is 5.75 Å². The maximum Gasteiger partial charge on any atom is 0.343 e. The molecule has 2 nitrogen and oxygen atoms in total. The summed E-state index contributed by atoms with van der Waals surface area (Å²) in [6.07, 6.45) is 0. The summed E-state index contributed by atoms with van der Waals surface area (Å²) in [5.74, 6) is -0.323. The van der Waals surface area contributed by atoms with Crippen molar-refractivity contribution in [1.29, 1.82) is 0 Å². The number of halogens is 3. The first-order chi connectivity index (χ1) is 8.58. The Morgan fingerprint density at radius 2 is 1.72 bits per heavy atom. The second-order valence-corrected chi connectivity index (χ2v) is 4.67. The van der Waals surface area contributed by atoms with Crippen molar-refractivity contribution < 1.29 is 9.53 Å². The minimum absolute atomic E-state index is 0.203. The van der Waals surface area contributed by atoms with Gasteiger partial charge in [0.25, 0.3) is 0 Å². The van der Waals surface area contributed by atoms with Gasteiger partial charge in [-0.2, -0.15) is 0 Å². The van der Waals surface area contributed by atoms with Crippen molar-refractivity contribution in [2.24, 2.45) is 0 Å². The third-order valence-electron chi connectivity index (χ3n) is 2.18. The van der Waals surface area contributed by atoms with E-state index in [0.717, 1.165) is 0 Å². The van der Waals surface area contributed by atoms with E-state index in [2.05, 4.69) is 0 Å². The van der Waals surface area contributed by atoms with E-state index in [9.17, 15) is 4.79 Å². The van der Waals surface area contributed by atoms with Crippen LogP contribution in [0.4, 0.5) is 0 Å². The topological polar surface area (TPSA) is 26.3 Å². The lowest BCUT2D eigenvalue weighted by molar-refractivity contribution is 0.0735. The molecule has 0 saturated carbocycles. The van der Waals surface area contributed by atoms with Crippen LogP contribution < -0.4 is 4.74 Å². The normalized spacial score (nSPS) is 10.2. The molecule has 0 spiro atoms. The first-order valence-electron chi connectivity index (χ1n) is 4.99.